The number of halogens is 2. The highest BCUT2D eigenvalue weighted by molar-refractivity contribution is 6.36. The smallest absolute Gasteiger partial charge is 0.251 e. The molecule has 5 aromatic rings. The number of nitrogens with zero attached hydrogens (tertiary/aromatic N) is 5. The van der Waals surface area contributed by atoms with Crippen molar-refractivity contribution in [3.8, 4) is 22.9 Å². The number of carbonyl (C=O) groups excluding carboxylic acids is 1. The van der Waals surface area contributed by atoms with Crippen LogP contribution >= 0.6 is 11.6 Å². The molecule has 2 bridgehead atoms. The van der Waals surface area contributed by atoms with Crippen LogP contribution < -0.4 is 19.9 Å². The third-order valence-electron chi connectivity index (χ3n) is 9.02. The van der Waals surface area contributed by atoms with Gasteiger partial charge in [-0.2, -0.15) is 0 Å². The molecule has 2 N–H and O–H groups in total. The van der Waals surface area contributed by atoms with Gasteiger partial charge in [0.15, 0.2) is 5.82 Å². The van der Waals surface area contributed by atoms with Gasteiger partial charge in [-0.25, -0.2) is 9.37 Å². The third-order valence-corrected chi connectivity index (χ3v) is 9.34. The lowest BCUT2D eigenvalue weighted by Gasteiger charge is -2.47. The van der Waals surface area contributed by atoms with Gasteiger partial charge in [0.2, 0.25) is 5.88 Å². The number of aromatic hydroxyl groups is 1. The molecule has 11 heteroatoms. The van der Waals surface area contributed by atoms with E-state index in [0.717, 1.165) is 18.4 Å². The van der Waals surface area contributed by atoms with Gasteiger partial charge in [0, 0.05) is 72.0 Å². The number of hydrogen-bond acceptors (Lipinski definition) is 8. The second-order valence-corrected chi connectivity index (χ2v) is 12.0. The summed E-state index contributed by atoms with van der Waals surface area (Å²) < 4.78 is 23.1. The molecule has 3 aromatic heterocycles. The molecule has 2 saturated heterocycles. The second kappa shape index (κ2) is 10.3. The highest BCUT2D eigenvalue weighted by Gasteiger charge is 2.50. The Labute approximate surface area is 257 Å². The van der Waals surface area contributed by atoms with Gasteiger partial charge in [0.05, 0.1) is 12.3 Å². The van der Waals surface area contributed by atoms with Crippen LogP contribution in [0.25, 0.3) is 32.9 Å². The van der Waals surface area contributed by atoms with E-state index in [0.29, 0.717) is 51.1 Å². The number of phenols is 1. The SMILES string of the molecule is CN1C(=O)C2C3CCC(CN2c2c1c(OCCc1cccnc1)nc1c(F)c(-c4cc(O)cc5cccc(Cl)c45)ncc21)N3. The third kappa shape index (κ3) is 4.16. The van der Waals surface area contributed by atoms with E-state index in [1.54, 1.807) is 54.8 Å². The number of rotatable bonds is 5. The Bertz CT molecular complexity index is 1980. The Morgan fingerprint density at radius 3 is 2.89 bits per heavy atom. The van der Waals surface area contributed by atoms with Gasteiger partial charge in [-0.15, -0.1) is 0 Å². The molecule has 9 nitrogen and oxygen atoms in total. The van der Waals surface area contributed by atoms with Gasteiger partial charge in [-0.3, -0.25) is 14.8 Å². The van der Waals surface area contributed by atoms with Crippen LogP contribution in [0.4, 0.5) is 15.8 Å². The first kappa shape index (κ1) is 27.0. The highest BCUT2D eigenvalue weighted by Crippen LogP contribution is 2.49. The summed E-state index contributed by atoms with van der Waals surface area (Å²) in [7, 11) is 1.72. The lowest BCUT2D eigenvalue weighted by molar-refractivity contribution is -0.120. The number of aromatic nitrogens is 3. The van der Waals surface area contributed by atoms with Gasteiger partial charge in [-0.05, 0) is 48.1 Å². The maximum absolute atomic E-state index is 16.8. The molecule has 3 aliphatic rings. The Morgan fingerprint density at radius 1 is 1.16 bits per heavy atom. The first-order chi connectivity index (χ1) is 21.4. The number of pyridine rings is 3. The van der Waals surface area contributed by atoms with Crippen LogP contribution in [0.1, 0.15) is 18.4 Å². The van der Waals surface area contributed by atoms with E-state index in [-0.39, 0.29) is 47.4 Å². The van der Waals surface area contributed by atoms with Gasteiger partial charge < -0.3 is 25.0 Å². The molecule has 0 radical (unpaired) electrons. The Balaban J connectivity index is 1.34. The topological polar surface area (TPSA) is 104 Å². The van der Waals surface area contributed by atoms with Crippen LogP contribution in [-0.4, -0.2) is 64.3 Å². The van der Waals surface area contributed by atoms with Crippen LogP contribution in [0.2, 0.25) is 5.02 Å². The second-order valence-electron chi connectivity index (χ2n) is 11.6. The molecule has 2 fully saturated rings. The van der Waals surface area contributed by atoms with Crippen molar-refractivity contribution in [3.05, 3.63) is 77.5 Å². The predicted molar refractivity (Wildman–Crippen MR) is 167 cm³/mol. The predicted octanol–water partition coefficient (Wildman–Crippen LogP) is 5.25. The Morgan fingerprint density at radius 2 is 2.05 bits per heavy atom. The first-order valence-corrected chi connectivity index (χ1v) is 15.0. The van der Waals surface area contributed by atoms with E-state index in [9.17, 15) is 9.90 Å². The number of ether oxygens (including phenoxy) is 1. The van der Waals surface area contributed by atoms with Crippen LogP contribution in [0, 0.1) is 5.82 Å². The minimum absolute atomic E-state index is 0.00658. The molecule has 3 atom stereocenters. The number of likely N-dealkylation sites (N-methyl/N-ethyl adjacent to an activating group) is 1. The summed E-state index contributed by atoms with van der Waals surface area (Å²) in [5, 5.41) is 16.2. The number of amides is 1. The molecule has 3 aliphatic heterocycles. The quantitative estimate of drug-likeness (QED) is 0.278. The standard InChI is InChI=1S/C33H28ClFN6O3/c1-40-31-29(41-16-19-7-8-24(38-19)30(41)33(40)43)22-15-37-27(21-13-20(42)12-18-5-2-6-23(34)25(18)21)26(35)28(22)39-32(31)44-11-9-17-4-3-10-36-14-17/h2-6,10,12-15,19,24,30,38,42H,7-9,11,16H2,1H3. The molecule has 0 spiro atoms. The average molecular weight is 611 g/mol. The van der Waals surface area contributed by atoms with E-state index >= 15 is 4.39 Å². The molecule has 44 heavy (non-hydrogen) atoms. The lowest BCUT2D eigenvalue weighted by atomic mass is 9.96. The number of anilines is 2. The van der Waals surface area contributed by atoms with Crippen LogP contribution in [0.15, 0.2) is 61.1 Å². The highest BCUT2D eigenvalue weighted by atomic mass is 35.5. The lowest BCUT2D eigenvalue weighted by Crippen LogP contribution is -2.66. The van der Waals surface area contributed by atoms with Crippen molar-refractivity contribution in [2.45, 2.75) is 37.4 Å². The van der Waals surface area contributed by atoms with Crippen molar-refractivity contribution in [1.29, 1.82) is 0 Å². The number of benzene rings is 2. The van der Waals surface area contributed by atoms with Crippen molar-refractivity contribution >= 4 is 50.6 Å². The zero-order chi connectivity index (χ0) is 30.1. The molecule has 222 valence electrons. The van der Waals surface area contributed by atoms with Gasteiger partial charge in [0.1, 0.15) is 28.7 Å². The summed E-state index contributed by atoms with van der Waals surface area (Å²) in [5.41, 5.74) is 2.61. The van der Waals surface area contributed by atoms with Gasteiger partial charge in [0.25, 0.3) is 5.91 Å². The first-order valence-electron chi connectivity index (χ1n) is 14.6. The Kier molecular flexibility index (Phi) is 6.32. The molecule has 1 amide bonds. The maximum atomic E-state index is 16.8. The molecule has 0 aliphatic carbocycles. The number of phenolic OH excluding ortho intramolecular Hbond substituents is 1. The summed E-state index contributed by atoms with van der Waals surface area (Å²) in [5.74, 6) is -0.581. The van der Waals surface area contributed by atoms with Crippen molar-refractivity contribution in [1.82, 2.24) is 20.3 Å². The van der Waals surface area contributed by atoms with Crippen molar-refractivity contribution in [2.24, 2.45) is 0 Å². The van der Waals surface area contributed by atoms with E-state index in [4.69, 9.17) is 21.3 Å². The van der Waals surface area contributed by atoms with E-state index in [1.807, 2.05) is 12.1 Å². The van der Waals surface area contributed by atoms with E-state index in [1.165, 1.54) is 6.07 Å². The van der Waals surface area contributed by atoms with Gasteiger partial charge >= 0.3 is 0 Å². The number of fused-ring (bicyclic) bond motifs is 9. The van der Waals surface area contributed by atoms with E-state index < -0.39 is 11.9 Å². The molecular weight excluding hydrogens is 583 g/mol. The molecule has 8 rings (SSSR count). The minimum Gasteiger partial charge on any atom is -0.508 e. The summed E-state index contributed by atoms with van der Waals surface area (Å²) in [4.78, 5) is 31.0. The molecule has 2 aromatic carbocycles. The monoisotopic (exact) mass is 610 g/mol. The van der Waals surface area contributed by atoms with E-state index in [2.05, 4.69) is 20.2 Å². The molecular formula is C33H28ClFN6O3. The van der Waals surface area contributed by atoms with Crippen molar-refractivity contribution in [3.63, 3.8) is 0 Å². The van der Waals surface area contributed by atoms with Crippen molar-refractivity contribution < 1.29 is 19.0 Å². The summed E-state index contributed by atoms with van der Waals surface area (Å²) in [6, 6.07) is 11.9. The van der Waals surface area contributed by atoms with Crippen molar-refractivity contribution in [2.75, 3.05) is 30.0 Å². The fourth-order valence-electron chi connectivity index (χ4n) is 7.05. The molecule has 6 heterocycles. The van der Waals surface area contributed by atoms with Gasteiger partial charge in [-0.1, -0.05) is 29.8 Å². The van der Waals surface area contributed by atoms with Crippen LogP contribution in [0.3, 0.4) is 0 Å². The largest absolute Gasteiger partial charge is 0.508 e. The average Bonchev–Trinajstić information content (AvgIpc) is 3.40. The van der Waals surface area contributed by atoms with Crippen LogP contribution in [0.5, 0.6) is 11.6 Å². The minimum atomic E-state index is -0.663. The number of carbonyl (C=O) groups is 1. The zero-order valence-corrected chi connectivity index (χ0v) is 24.6. The summed E-state index contributed by atoms with van der Waals surface area (Å²) in [6.45, 7) is 0.847. The Hall–Kier alpha value is -4.54. The molecule has 0 saturated carbocycles. The molecule has 3 unspecified atom stereocenters. The summed E-state index contributed by atoms with van der Waals surface area (Å²) in [6.07, 6.45) is 7.49. The number of nitrogens with one attached hydrogen (secondary N) is 1. The fraction of sp³-hybridized carbons (Fsp3) is 0.273. The zero-order valence-electron chi connectivity index (χ0n) is 23.8. The fourth-order valence-corrected chi connectivity index (χ4v) is 7.33. The maximum Gasteiger partial charge on any atom is 0.251 e. The van der Waals surface area contributed by atoms with Crippen LogP contribution in [-0.2, 0) is 11.2 Å². The number of hydrogen-bond donors (Lipinski definition) is 2. The normalized spacial score (nSPS) is 20.7. The summed E-state index contributed by atoms with van der Waals surface area (Å²) >= 11 is 6.58. The number of piperazine rings is 1.